The van der Waals surface area contributed by atoms with E-state index in [2.05, 4.69) is 31.3 Å². The van der Waals surface area contributed by atoms with Crippen LogP contribution in [0, 0.1) is 20.8 Å². The molecule has 1 saturated heterocycles. The highest BCUT2D eigenvalue weighted by Crippen LogP contribution is 2.20. The largest absolute Gasteiger partial charge is 0.333 e. The zero-order chi connectivity index (χ0) is 13.3. The number of carbonyl (C=O) groups is 1. The smallest absolute Gasteiger partial charge is 0.254 e. The molecule has 1 aromatic rings. The number of piperazine rings is 1. The van der Waals surface area contributed by atoms with E-state index >= 15 is 0 Å². The quantitative estimate of drug-likeness (QED) is 0.822. The van der Waals surface area contributed by atoms with Crippen molar-refractivity contribution in [2.45, 2.75) is 33.7 Å². The maximum atomic E-state index is 12.7. The number of amides is 1. The molecule has 1 amide bonds. The second kappa shape index (κ2) is 5.11. The minimum Gasteiger partial charge on any atom is -0.333 e. The number of rotatable bonds is 1. The van der Waals surface area contributed by atoms with Crippen molar-refractivity contribution >= 4 is 5.91 Å². The predicted molar refractivity (Wildman–Crippen MR) is 74.0 cm³/mol. The Labute approximate surface area is 109 Å². The molecule has 0 aromatic heterocycles. The maximum absolute atomic E-state index is 12.7. The SMILES string of the molecule is Cc1cc(C)c(C(=O)N2CCNC[C@@H]2C)c(C)c1. The van der Waals surface area contributed by atoms with E-state index in [-0.39, 0.29) is 11.9 Å². The van der Waals surface area contributed by atoms with Crippen LogP contribution in [0.1, 0.15) is 34.0 Å². The summed E-state index contributed by atoms with van der Waals surface area (Å²) in [6, 6.07) is 4.45. The second-order valence-corrected chi connectivity index (χ2v) is 5.33. The Morgan fingerprint density at radius 1 is 1.28 bits per heavy atom. The molecule has 0 saturated carbocycles. The Balaban J connectivity index is 2.33. The van der Waals surface area contributed by atoms with Gasteiger partial charge in [-0.1, -0.05) is 17.7 Å². The summed E-state index contributed by atoms with van der Waals surface area (Å²) in [4.78, 5) is 14.6. The molecule has 0 unspecified atom stereocenters. The molecule has 1 aliphatic heterocycles. The summed E-state index contributed by atoms with van der Waals surface area (Å²) >= 11 is 0. The van der Waals surface area contributed by atoms with E-state index in [9.17, 15) is 4.79 Å². The molecule has 0 spiro atoms. The lowest BCUT2D eigenvalue weighted by molar-refractivity contribution is 0.0654. The van der Waals surface area contributed by atoms with Gasteiger partial charge in [0.1, 0.15) is 0 Å². The molecule has 18 heavy (non-hydrogen) atoms. The van der Waals surface area contributed by atoms with Gasteiger partial charge in [-0.25, -0.2) is 0 Å². The fourth-order valence-corrected chi connectivity index (χ4v) is 2.80. The maximum Gasteiger partial charge on any atom is 0.254 e. The van der Waals surface area contributed by atoms with Gasteiger partial charge in [-0.3, -0.25) is 4.79 Å². The van der Waals surface area contributed by atoms with Crippen LogP contribution in [0.2, 0.25) is 0 Å². The fourth-order valence-electron chi connectivity index (χ4n) is 2.80. The van der Waals surface area contributed by atoms with Gasteiger partial charge in [-0.2, -0.15) is 0 Å². The van der Waals surface area contributed by atoms with Crippen molar-refractivity contribution in [3.05, 3.63) is 34.4 Å². The van der Waals surface area contributed by atoms with Gasteiger partial charge < -0.3 is 10.2 Å². The Morgan fingerprint density at radius 2 is 1.89 bits per heavy atom. The first-order valence-electron chi connectivity index (χ1n) is 6.60. The van der Waals surface area contributed by atoms with E-state index in [1.54, 1.807) is 0 Å². The van der Waals surface area contributed by atoms with Gasteiger partial charge in [0.25, 0.3) is 5.91 Å². The van der Waals surface area contributed by atoms with Crippen molar-refractivity contribution < 1.29 is 4.79 Å². The number of benzene rings is 1. The van der Waals surface area contributed by atoms with Gasteiger partial charge in [0.05, 0.1) is 0 Å². The molecular weight excluding hydrogens is 224 g/mol. The highest BCUT2D eigenvalue weighted by molar-refractivity contribution is 5.97. The summed E-state index contributed by atoms with van der Waals surface area (Å²) in [5.74, 6) is 0.180. The third kappa shape index (κ3) is 2.41. The van der Waals surface area contributed by atoms with Crippen molar-refractivity contribution in [2.24, 2.45) is 0 Å². The molecule has 1 N–H and O–H groups in total. The molecule has 0 radical (unpaired) electrons. The van der Waals surface area contributed by atoms with Crippen LogP contribution in [0.4, 0.5) is 0 Å². The molecule has 98 valence electrons. The van der Waals surface area contributed by atoms with E-state index in [0.717, 1.165) is 36.3 Å². The molecular formula is C15H22N2O. The number of hydrogen-bond donors (Lipinski definition) is 1. The molecule has 3 nitrogen and oxygen atoms in total. The van der Waals surface area contributed by atoms with Crippen LogP contribution in [-0.4, -0.2) is 36.5 Å². The third-order valence-electron chi connectivity index (χ3n) is 3.65. The van der Waals surface area contributed by atoms with Gasteiger partial charge in [0, 0.05) is 31.2 Å². The first kappa shape index (κ1) is 13.1. The van der Waals surface area contributed by atoms with Gasteiger partial charge >= 0.3 is 0 Å². The van der Waals surface area contributed by atoms with Gasteiger partial charge in [0.15, 0.2) is 0 Å². The van der Waals surface area contributed by atoms with Crippen LogP contribution >= 0.6 is 0 Å². The summed E-state index contributed by atoms with van der Waals surface area (Å²) < 4.78 is 0. The Morgan fingerprint density at radius 3 is 2.44 bits per heavy atom. The fraction of sp³-hybridized carbons (Fsp3) is 0.533. The summed E-state index contributed by atoms with van der Waals surface area (Å²) in [5.41, 5.74) is 4.27. The van der Waals surface area contributed by atoms with Gasteiger partial charge in [0.2, 0.25) is 0 Å². The minimum absolute atomic E-state index is 0.180. The third-order valence-corrected chi connectivity index (χ3v) is 3.65. The molecule has 3 heteroatoms. The van der Waals surface area contributed by atoms with E-state index in [4.69, 9.17) is 0 Å². The molecule has 1 fully saturated rings. The zero-order valence-corrected chi connectivity index (χ0v) is 11.7. The Kier molecular flexibility index (Phi) is 3.71. The molecule has 1 atom stereocenters. The van der Waals surface area contributed by atoms with Crippen LogP contribution in [0.3, 0.4) is 0 Å². The average Bonchev–Trinajstić information content (AvgIpc) is 2.27. The first-order chi connectivity index (χ1) is 8.50. The summed E-state index contributed by atoms with van der Waals surface area (Å²) in [6.45, 7) is 10.8. The van der Waals surface area contributed by atoms with Crippen molar-refractivity contribution in [1.29, 1.82) is 0 Å². The van der Waals surface area contributed by atoms with Crippen LogP contribution in [0.5, 0.6) is 0 Å². The van der Waals surface area contributed by atoms with E-state index in [0.29, 0.717) is 0 Å². The van der Waals surface area contributed by atoms with Crippen molar-refractivity contribution in [1.82, 2.24) is 10.2 Å². The first-order valence-corrected chi connectivity index (χ1v) is 6.60. The number of carbonyl (C=O) groups excluding carboxylic acids is 1. The molecule has 1 heterocycles. The normalized spacial score (nSPS) is 20.0. The highest BCUT2D eigenvalue weighted by Gasteiger charge is 2.26. The lowest BCUT2D eigenvalue weighted by Gasteiger charge is -2.34. The predicted octanol–water partition coefficient (Wildman–Crippen LogP) is 2.05. The lowest BCUT2D eigenvalue weighted by Crippen LogP contribution is -2.52. The topological polar surface area (TPSA) is 32.3 Å². The summed E-state index contributed by atoms with van der Waals surface area (Å²) in [6.07, 6.45) is 0. The van der Waals surface area contributed by atoms with Crippen molar-refractivity contribution in [3.63, 3.8) is 0 Å². The molecule has 0 bridgehead atoms. The van der Waals surface area contributed by atoms with Crippen molar-refractivity contribution in [2.75, 3.05) is 19.6 Å². The van der Waals surface area contributed by atoms with Gasteiger partial charge in [-0.15, -0.1) is 0 Å². The minimum atomic E-state index is 0.180. The number of aryl methyl sites for hydroxylation is 3. The summed E-state index contributed by atoms with van der Waals surface area (Å²) in [7, 11) is 0. The molecule has 0 aliphatic carbocycles. The lowest BCUT2D eigenvalue weighted by atomic mass is 9.98. The average molecular weight is 246 g/mol. The van der Waals surface area contributed by atoms with Crippen LogP contribution in [-0.2, 0) is 0 Å². The number of nitrogens with one attached hydrogen (secondary N) is 1. The zero-order valence-electron chi connectivity index (χ0n) is 11.7. The monoisotopic (exact) mass is 246 g/mol. The molecule has 1 aromatic carbocycles. The van der Waals surface area contributed by atoms with Crippen LogP contribution in [0.25, 0.3) is 0 Å². The summed E-state index contributed by atoms with van der Waals surface area (Å²) in [5, 5.41) is 3.32. The number of nitrogens with zero attached hydrogens (tertiary/aromatic N) is 1. The number of hydrogen-bond acceptors (Lipinski definition) is 2. The van der Waals surface area contributed by atoms with Crippen molar-refractivity contribution in [3.8, 4) is 0 Å². The Bertz CT molecular complexity index is 445. The molecule has 2 rings (SSSR count). The highest BCUT2D eigenvalue weighted by atomic mass is 16.2. The standard InChI is InChI=1S/C15H22N2O/c1-10-7-11(2)14(12(3)8-10)15(18)17-6-5-16-9-13(17)4/h7-8,13,16H,5-6,9H2,1-4H3/t13-/m0/s1. The van der Waals surface area contributed by atoms with E-state index in [1.807, 2.05) is 18.7 Å². The van der Waals surface area contributed by atoms with E-state index in [1.165, 1.54) is 5.56 Å². The molecule has 1 aliphatic rings. The Hall–Kier alpha value is -1.35. The van der Waals surface area contributed by atoms with Crippen LogP contribution in [0.15, 0.2) is 12.1 Å². The van der Waals surface area contributed by atoms with Crippen LogP contribution < -0.4 is 5.32 Å². The van der Waals surface area contributed by atoms with E-state index < -0.39 is 0 Å². The van der Waals surface area contributed by atoms with Gasteiger partial charge in [-0.05, 0) is 38.8 Å². The second-order valence-electron chi connectivity index (χ2n) is 5.33.